The van der Waals surface area contributed by atoms with Gasteiger partial charge >= 0.3 is 11.9 Å². The summed E-state index contributed by atoms with van der Waals surface area (Å²) in [4.78, 5) is 73.9. The van der Waals surface area contributed by atoms with Gasteiger partial charge in [0.15, 0.2) is 0 Å². The van der Waals surface area contributed by atoms with E-state index < -0.39 is 67.7 Å². The third-order valence-corrected chi connectivity index (χ3v) is 13.3. The molecule has 4 amide bonds. The lowest BCUT2D eigenvalue weighted by Gasteiger charge is -2.15. The monoisotopic (exact) mass is 968 g/mol. The fourth-order valence-corrected chi connectivity index (χ4v) is 9.13. The Morgan fingerprint density at radius 3 is 1.13 bits per heavy atom. The van der Waals surface area contributed by atoms with Crippen molar-refractivity contribution in [2.75, 3.05) is 26.2 Å². The maximum atomic E-state index is 12.9. The van der Waals surface area contributed by atoms with Crippen molar-refractivity contribution in [1.29, 1.82) is 0 Å². The molecule has 0 bridgehead atoms. The van der Waals surface area contributed by atoms with Crippen molar-refractivity contribution >= 4 is 55.6 Å². The third-order valence-electron chi connectivity index (χ3n) is 10.4. The molecule has 5 rings (SSSR count). The van der Waals surface area contributed by atoms with E-state index in [2.05, 4.69) is 30.7 Å². The lowest BCUT2D eigenvalue weighted by Crippen LogP contribution is -2.43. The third kappa shape index (κ3) is 16.0. The van der Waals surface area contributed by atoms with Crippen LogP contribution < -0.4 is 30.7 Å². The highest BCUT2D eigenvalue weighted by Gasteiger charge is 2.27. The molecule has 0 aliphatic heterocycles. The van der Waals surface area contributed by atoms with Crippen LogP contribution >= 0.6 is 0 Å². The van der Waals surface area contributed by atoms with Crippen LogP contribution in [0, 0.1) is 0 Å². The first-order valence-corrected chi connectivity index (χ1v) is 24.5. The highest BCUT2D eigenvalue weighted by atomic mass is 32.2. The SMILES string of the molecule is O=C(CCCNC(=O)c1cccc(C(=O)NCCCC(=O)NCC[C@@H](NS(=O)(=O)c2ccc(-c3ccccc3)cc2)C(=O)O)c1)NCC[C@@H](NS(=O)(=O)c1ccc(-c2ccccc2)cc1)C(=O)O. The normalized spacial score (nSPS) is 12.2. The Morgan fingerprint density at radius 1 is 0.426 bits per heavy atom. The summed E-state index contributed by atoms with van der Waals surface area (Å²) in [7, 11) is -8.37. The standard InChI is InChI=1S/C48H52N6O12S2/c55-43(49-30-26-41(47(59)60)53-67(63,64)39-22-18-35(19-23-39)33-10-3-1-4-11-33)16-8-28-51-45(57)37-14-7-15-38(32-37)46(58)52-29-9-17-44(56)50-31-27-42(48(61)62)54-68(65,66)40-24-20-36(21-25-40)34-12-5-2-6-13-34/h1-7,10-15,18-25,32,41-42,53-54H,8-9,16-17,26-31H2,(H,49,55)(H,50,56)(H,51,57)(H,52,58)(H,59,60)(H,61,62)/t41-,42-/m1/s1. The van der Waals surface area contributed by atoms with Gasteiger partial charge in [-0.1, -0.05) is 91.0 Å². The van der Waals surface area contributed by atoms with E-state index in [0.29, 0.717) is 0 Å². The van der Waals surface area contributed by atoms with Gasteiger partial charge in [-0.05, 0) is 90.4 Å². The van der Waals surface area contributed by atoms with Gasteiger partial charge in [-0.25, -0.2) is 16.8 Å². The average molecular weight is 969 g/mol. The maximum Gasteiger partial charge on any atom is 0.321 e. The summed E-state index contributed by atoms with van der Waals surface area (Å²) < 4.78 is 56.1. The number of nitrogens with one attached hydrogen (secondary N) is 6. The smallest absolute Gasteiger partial charge is 0.321 e. The van der Waals surface area contributed by atoms with Crippen molar-refractivity contribution in [3.63, 3.8) is 0 Å². The molecule has 0 radical (unpaired) electrons. The highest BCUT2D eigenvalue weighted by Crippen LogP contribution is 2.23. The Labute approximate surface area is 394 Å². The summed E-state index contributed by atoms with van der Waals surface area (Å²) in [6.07, 6.45) is -0.0376. The molecule has 0 heterocycles. The van der Waals surface area contributed by atoms with Crippen LogP contribution in [0.3, 0.4) is 0 Å². The van der Waals surface area contributed by atoms with Crippen molar-refractivity contribution in [2.24, 2.45) is 0 Å². The van der Waals surface area contributed by atoms with Crippen molar-refractivity contribution in [1.82, 2.24) is 30.7 Å². The second-order valence-corrected chi connectivity index (χ2v) is 18.8. The second kappa shape index (κ2) is 25.0. The quantitative estimate of drug-likeness (QED) is 0.0366. The van der Waals surface area contributed by atoms with Crippen LogP contribution in [0.2, 0.25) is 0 Å². The topological polar surface area (TPSA) is 283 Å². The lowest BCUT2D eigenvalue weighted by molar-refractivity contribution is -0.140. The number of carbonyl (C=O) groups excluding carboxylic acids is 4. The summed E-state index contributed by atoms with van der Waals surface area (Å²) in [5, 5.41) is 29.8. The van der Waals surface area contributed by atoms with Crippen LogP contribution in [-0.2, 0) is 39.2 Å². The summed E-state index contributed by atoms with van der Waals surface area (Å²) >= 11 is 0. The van der Waals surface area contributed by atoms with Gasteiger partial charge in [0, 0.05) is 50.1 Å². The van der Waals surface area contributed by atoms with E-state index in [1.807, 2.05) is 60.7 Å². The molecular weight excluding hydrogens is 917 g/mol. The Balaban J connectivity index is 0.948. The first-order valence-electron chi connectivity index (χ1n) is 21.5. The predicted molar refractivity (Wildman–Crippen MR) is 252 cm³/mol. The van der Waals surface area contributed by atoms with Crippen LogP contribution in [0.4, 0.5) is 0 Å². The van der Waals surface area contributed by atoms with Crippen LogP contribution in [0.1, 0.15) is 59.2 Å². The Morgan fingerprint density at radius 2 is 0.779 bits per heavy atom. The number of hydrogen-bond acceptors (Lipinski definition) is 10. The van der Waals surface area contributed by atoms with E-state index in [1.54, 1.807) is 24.3 Å². The molecule has 8 N–H and O–H groups in total. The number of aliphatic carboxylic acids is 2. The minimum absolute atomic E-state index is 0.0199. The summed E-state index contributed by atoms with van der Waals surface area (Å²) in [6.45, 7) is -0.0602. The number of carbonyl (C=O) groups is 6. The van der Waals surface area contributed by atoms with E-state index in [0.717, 1.165) is 22.3 Å². The van der Waals surface area contributed by atoms with E-state index in [9.17, 15) is 55.8 Å². The van der Waals surface area contributed by atoms with Crippen molar-refractivity contribution in [2.45, 2.75) is 60.4 Å². The zero-order valence-corrected chi connectivity index (χ0v) is 38.4. The zero-order chi connectivity index (χ0) is 49.1. The van der Waals surface area contributed by atoms with Crippen LogP contribution in [-0.4, -0.2) is 101 Å². The van der Waals surface area contributed by atoms with E-state index in [-0.39, 0.29) is 85.6 Å². The molecule has 0 aliphatic rings. The minimum atomic E-state index is -4.19. The molecule has 358 valence electrons. The number of carboxylic acid groups (broad SMARTS) is 2. The van der Waals surface area contributed by atoms with Gasteiger partial charge in [0.05, 0.1) is 9.79 Å². The number of sulfonamides is 2. The van der Waals surface area contributed by atoms with Crippen LogP contribution in [0.15, 0.2) is 143 Å². The van der Waals surface area contributed by atoms with Crippen LogP contribution in [0.25, 0.3) is 22.3 Å². The summed E-state index contributed by atoms with van der Waals surface area (Å²) in [5.41, 5.74) is 3.71. The van der Waals surface area contributed by atoms with E-state index in [4.69, 9.17) is 0 Å². The number of benzene rings is 5. The number of carboxylic acids is 2. The van der Waals surface area contributed by atoms with Crippen molar-refractivity contribution in [3.05, 3.63) is 145 Å². The zero-order valence-electron chi connectivity index (χ0n) is 36.7. The fourth-order valence-electron chi connectivity index (χ4n) is 6.69. The summed E-state index contributed by atoms with van der Waals surface area (Å²) in [6, 6.07) is 33.5. The van der Waals surface area contributed by atoms with Gasteiger partial charge in [-0.3, -0.25) is 28.8 Å². The fraction of sp³-hybridized carbons (Fsp3) is 0.250. The number of rotatable bonds is 26. The van der Waals surface area contributed by atoms with Gasteiger partial charge in [-0.2, -0.15) is 9.44 Å². The van der Waals surface area contributed by atoms with Crippen molar-refractivity contribution < 1.29 is 55.8 Å². The molecule has 68 heavy (non-hydrogen) atoms. The molecule has 18 nitrogen and oxygen atoms in total. The molecule has 0 aromatic heterocycles. The Hall–Kier alpha value is -7.26. The van der Waals surface area contributed by atoms with Crippen LogP contribution in [0.5, 0.6) is 0 Å². The van der Waals surface area contributed by atoms with Gasteiger partial charge in [0.1, 0.15) is 12.1 Å². The van der Waals surface area contributed by atoms with Gasteiger partial charge in [0.25, 0.3) is 11.8 Å². The van der Waals surface area contributed by atoms with Gasteiger partial charge < -0.3 is 31.5 Å². The molecule has 0 aliphatic carbocycles. The first kappa shape index (κ1) is 51.7. The molecule has 0 fully saturated rings. The molecule has 2 atom stereocenters. The van der Waals surface area contributed by atoms with E-state index in [1.165, 1.54) is 48.5 Å². The molecule has 5 aromatic carbocycles. The highest BCUT2D eigenvalue weighted by molar-refractivity contribution is 7.89. The lowest BCUT2D eigenvalue weighted by atomic mass is 10.1. The van der Waals surface area contributed by atoms with Crippen molar-refractivity contribution in [3.8, 4) is 22.3 Å². The largest absolute Gasteiger partial charge is 0.480 e. The maximum absolute atomic E-state index is 12.9. The van der Waals surface area contributed by atoms with Gasteiger partial charge in [-0.15, -0.1) is 0 Å². The molecule has 0 saturated carbocycles. The summed E-state index contributed by atoms with van der Waals surface area (Å²) in [5.74, 6) is -4.70. The first-order chi connectivity index (χ1) is 32.5. The molecule has 0 saturated heterocycles. The average Bonchev–Trinajstić information content (AvgIpc) is 3.34. The molecular formula is C48H52N6O12S2. The molecule has 0 unspecified atom stereocenters. The molecule has 0 spiro atoms. The Kier molecular flexibility index (Phi) is 19.0. The van der Waals surface area contributed by atoms with E-state index >= 15 is 0 Å². The number of hydrogen-bond donors (Lipinski definition) is 8. The minimum Gasteiger partial charge on any atom is -0.480 e. The molecule has 20 heteroatoms. The predicted octanol–water partition coefficient (Wildman–Crippen LogP) is 3.92. The second-order valence-electron chi connectivity index (χ2n) is 15.4. The Bertz CT molecular complexity index is 2570. The van der Waals surface area contributed by atoms with Gasteiger partial charge in [0.2, 0.25) is 31.9 Å². The number of amides is 4. The molecule has 5 aromatic rings.